The first-order chi connectivity index (χ1) is 20.6. The Hall–Kier alpha value is -4.14. The molecular weight excluding hydrogens is 540 g/mol. The number of nitrogens with zero attached hydrogens (tertiary/aromatic N) is 5. The van der Waals surface area contributed by atoms with E-state index in [9.17, 15) is 9.59 Å². The average Bonchev–Trinajstić information content (AvgIpc) is 3.39. The van der Waals surface area contributed by atoms with Crippen molar-refractivity contribution in [3.8, 4) is 11.1 Å². The smallest absolute Gasteiger partial charge is 0.410 e. The third kappa shape index (κ3) is 5.19. The summed E-state index contributed by atoms with van der Waals surface area (Å²) in [4.78, 5) is 39.0. The highest BCUT2D eigenvalue weighted by Crippen LogP contribution is 2.41. The Labute approximate surface area is 252 Å². The molecule has 7 rings (SSSR count). The van der Waals surface area contributed by atoms with Crippen molar-refractivity contribution in [2.24, 2.45) is 0 Å². The molecule has 43 heavy (non-hydrogen) atoms. The van der Waals surface area contributed by atoms with E-state index in [1.807, 2.05) is 60.8 Å². The van der Waals surface area contributed by atoms with E-state index in [-0.39, 0.29) is 18.0 Å². The summed E-state index contributed by atoms with van der Waals surface area (Å²) in [5.41, 5.74) is 8.50. The van der Waals surface area contributed by atoms with Gasteiger partial charge in [0, 0.05) is 54.7 Å². The molecule has 1 aromatic carbocycles. The molecule has 5 heterocycles. The highest BCUT2D eigenvalue weighted by Gasteiger charge is 2.37. The van der Waals surface area contributed by atoms with Gasteiger partial charge in [0.15, 0.2) is 5.69 Å². The Bertz CT molecular complexity index is 1740. The maximum absolute atomic E-state index is 13.8. The van der Waals surface area contributed by atoms with Crippen LogP contribution in [0.3, 0.4) is 0 Å². The second-order valence-corrected chi connectivity index (χ2v) is 13.5. The van der Waals surface area contributed by atoms with Gasteiger partial charge in [-0.2, -0.15) is 5.10 Å². The van der Waals surface area contributed by atoms with Crippen molar-refractivity contribution in [2.75, 3.05) is 13.1 Å². The van der Waals surface area contributed by atoms with Gasteiger partial charge in [0.2, 0.25) is 0 Å². The van der Waals surface area contributed by atoms with E-state index in [2.05, 4.69) is 30.1 Å². The standard InChI is InChI=1S/C34H40N6O3/c1-20-16-35-31-26(20)15-24(17-36-31)23-13-22-10-12-38(32(41)30-21(2)18-40(37-30)25-8-9-25)19-28(22)27(14-23)29-7-6-11-39(29)33(42)43-34(3,4)5/h13-18,25,29H,6-12,19H2,1-5H3,(H,35,36). The van der Waals surface area contributed by atoms with E-state index in [1.54, 1.807) is 0 Å². The fourth-order valence-electron chi connectivity index (χ4n) is 6.63. The van der Waals surface area contributed by atoms with Gasteiger partial charge in [-0.1, -0.05) is 6.07 Å². The van der Waals surface area contributed by atoms with Crippen LogP contribution in [0.5, 0.6) is 0 Å². The minimum Gasteiger partial charge on any atom is -0.444 e. The Kier molecular flexibility index (Phi) is 6.59. The van der Waals surface area contributed by atoms with Crippen molar-refractivity contribution in [3.63, 3.8) is 0 Å². The van der Waals surface area contributed by atoms with Gasteiger partial charge in [-0.3, -0.25) is 9.48 Å². The number of amides is 2. The molecule has 1 N–H and O–H groups in total. The Balaban J connectivity index is 1.28. The molecule has 1 atom stereocenters. The third-order valence-electron chi connectivity index (χ3n) is 9.01. The van der Waals surface area contributed by atoms with E-state index in [0.29, 0.717) is 31.4 Å². The predicted molar refractivity (Wildman–Crippen MR) is 165 cm³/mol. The van der Waals surface area contributed by atoms with Gasteiger partial charge in [-0.05, 0) is 107 Å². The lowest BCUT2D eigenvalue weighted by atomic mass is 9.86. The zero-order valence-electron chi connectivity index (χ0n) is 25.7. The van der Waals surface area contributed by atoms with Crippen molar-refractivity contribution >= 4 is 23.0 Å². The molecule has 0 bridgehead atoms. The monoisotopic (exact) mass is 580 g/mol. The molecule has 0 radical (unpaired) electrons. The average molecular weight is 581 g/mol. The van der Waals surface area contributed by atoms with Gasteiger partial charge < -0.3 is 19.5 Å². The van der Waals surface area contributed by atoms with Crippen LogP contribution in [0.4, 0.5) is 4.79 Å². The fourth-order valence-corrected chi connectivity index (χ4v) is 6.63. The number of pyridine rings is 1. The summed E-state index contributed by atoms with van der Waals surface area (Å²) in [5.74, 6) is -0.0226. The summed E-state index contributed by atoms with van der Waals surface area (Å²) in [5, 5.41) is 5.80. The molecule has 1 saturated heterocycles. The van der Waals surface area contributed by atoms with Crippen LogP contribution in [-0.4, -0.2) is 60.2 Å². The van der Waals surface area contributed by atoms with Crippen molar-refractivity contribution < 1.29 is 14.3 Å². The number of benzene rings is 1. The molecule has 4 aromatic rings. The number of hydrogen-bond donors (Lipinski definition) is 1. The van der Waals surface area contributed by atoms with Gasteiger partial charge in [-0.25, -0.2) is 9.78 Å². The molecule has 2 fully saturated rings. The molecule has 2 amide bonds. The van der Waals surface area contributed by atoms with Gasteiger partial charge in [0.1, 0.15) is 11.2 Å². The van der Waals surface area contributed by atoms with Crippen molar-refractivity contribution in [1.29, 1.82) is 0 Å². The van der Waals surface area contributed by atoms with Crippen LogP contribution < -0.4 is 0 Å². The number of hydrogen-bond acceptors (Lipinski definition) is 5. The third-order valence-corrected chi connectivity index (χ3v) is 9.01. The zero-order valence-corrected chi connectivity index (χ0v) is 25.7. The molecule has 3 aliphatic rings. The highest BCUT2D eigenvalue weighted by molar-refractivity contribution is 5.94. The molecule has 0 spiro atoms. The number of aryl methyl sites for hydroxylation is 2. The molecule has 1 aliphatic carbocycles. The maximum atomic E-state index is 13.8. The molecule has 1 unspecified atom stereocenters. The maximum Gasteiger partial charge on any atom is 0.410 e. The lowest BCUT2D eigenvalue weighted by Gasteiger charge is -2.34. The summed E-state index contributed by atoms with van der Waals surface area (Å²) >= 11 is 0. The number of carbonyl (C=O) groups excluding carboxylic acids is 2. The van der Waals surface area contributed by atoms with Crippen LogP contribution >= 0.6 is 0 Å². The van der Waals surface area contributed by atoms with Crippen LogP contribution in [-0.2, 0) is 17.7 Å². The number of rotatable bonds is 4. The van der Waals surface area contributed by atoms with E-state index in [0.717, 1.165) is 76.5 Å². The van der Waals surface area contributed by atoms with E-state index in [1.165, 1.54) is 5.56 Å². The van der Waals surface area contributed by atoms with Crippen molar-refractivity contribution in [3.05, 3.63) is 70.3 Å². The number of fused-ring (bicyclic) bond motifs is 2. The first-order valence-electron chi connectivity index (χ1n) is 15.5. The van der Waals surface area contributed by atoms with Crippen molar-refractivity contribution in [1.82, 2.24) is 29.5 Å². The first-order valence-corrected chi connectivity index (χ1v) is 15.5. The molecule has 1 saturated carbocycles. The summed E-state index contributed by atoms with van der Waals surface area (Å²) in [7, 11) is 0. The summed E-state index contributed by atoms with van der Waals surface area (Å²) in [6.45, 7) is 11.5. The number of H-pyrrole nitrogens is 1. The molecule has 9 nitrogen and oxygen atoms in total. The van der Waals surface area contributed by atoms with Crippen LogP contribution in [0, 0.1) is 13.8 Å². The number of likely N-dealkylation sites (tertiary alicyclic amines) is 1. The SMILES string of the molecule is Cc1cn(C2CC2)nc1C(=O)N1CCc2cc(-c3cnc4[nH]cc(C)c4c3)cc(C3CCCN3C(=O)OC(C)(C)C)c2C1. The van der Waals surface area contributed by atoms with Gasteiger partial charge >= 0.3 is 6.09 Å². The van der Waals surface area contributed by atoms with Crippen LogP contribution in [0.1, 0.15) is 96.8 Å². The number of aromatic nitrogens is 4. The van der Waals surface area contributed by atoms with Gasteiger partial charge in [-0.15, -0.1) is 0 Å². The van der Waals surface area contributed by atoms with E-state index in [4.69, 9.17) is 14.8 Å². The Morgan fingerprint density at radius 1 is 1.02 bits per heavy atom. The number of ether oxygens (including phenoxy) is 1. The highest BCUT2D eigenvalue weighted by atomic mass is 16.6. The molecule has 3 aromatic heterocycles. The predicted octanol–water partition coefficient (Wildman–Crippen LogP) is 6.65. The Morgan fingerprint density at radius 2 is 1.84 bits per heavy atom. The van der Waals surface area contributed by atoms with E-state index >= 15 is 0 Å². The van der Waals surface area contributed by atoms with E-state index < -0.39 is 5.60 Å². The van der Waals surface area contributed by atoms with Crippen LogP contribution in [0.2, 0.25) is 0 Å². The minimum atomic E-state index is -0.577. The summed E-state index contributed by atoms with van der Waals surface area (Å²) in [6.07, 6.45) is 10.4. The Morgan fingerprint density at radius 3 is 2.60 bits per heavy atom. The fraction of sp³-hybridized carbons (Fsp3) is 0.471. The molecule has 2 aliphatic heterocycles. The van der Waals surface area contributed by atoms with Crippen molar-refractivity contribution in [2.45, 2.75) is 91.0 Å². The number of carbonyl (C=O) groups is 2. The normalized spacial score (nSPS) is 18.8. The number of nitrogens with one attached hydrogen (secondary N) is 1. The van der Waals surface area contributed by atoms with Crippen LogP contribution in [0.25, 0.3) is 22.2 Å². The second kappa shape index (κ2) is 10.2. The lowest BCUT2D eigenvalue weighted by Crippen LogP contribution is -2.39. The summed E-state index contributed by atoms with van der Waals surface area (Å²) in [6, 6.07) is 6.97. The second-order valence-electron chi connectivity index (χ2n) is 13.5. The lowest BCUT2D eigenvalue weighted by molar-refractivity contribution is 0.0222. The zero-order chi connectivity index (χ0) is 30.0. The topological polar surface area (TPSA) is 96.4 Å². The largest absolute Gasteiger partial charge is 0.444 e. The first kappa shape index (κ1) is 27.7. The quantitative estimate of drug-likeness (QED) is 0.292. The summed E-state index contributed by atoms with van der Waals surface area (Å²) < 4.78 is 7.81. The molecule has 9 heteroatoms. The minimum absolute atomic E-state index is 0.0226. The van der Waals surface area contributed by atoms with Gasteiger partial charge in [0.25, 0.3) is 5.91 Å². The number of aromatic amines is 1. The molecule has 224 valence electrons. The van der Waals surface area contributed by atoms with Crippen LogP contribution in [0.15, 0.2) is 36.8 Å². The molecular formula is C34H40N6O3. The van der Waals surface area contributed by atoms with Gasteiger partial charge in [0.05, 0.1) is 12.1 Å².